The SMILES string of the molecule is CN=C(NCCOCCC(C)C)NCCc1cc(F)cc2c1OCOC2. The van der Waals surface area contributed by atoms with Gasteiger partial charge in [-0.1, -0.05) is 13.8 Å². The smallest absolute Gasteiger partial charge is 0.191 e. The van der Waals surface area contributed by atoms with Crippen LogP contribution < -0.4 is 15.4 Å². The summed E-state index contributed by atoms with van der Waals surface area (Å²) in [6.45, 7) is 7.68. The fourth-order valence-corrected chi connectivity index (χ4v) is 2.64. The highest BCUT2D eigenvalue weighted by Crippen LogP contribution is 2.29. The van der Waals surface area contributed by atoms with Gasteiger partial charge in [0.2, 0.25) is 0 Å². The van der Waals surface area contributed by atoms with Gasteiger partial charge in [-0.25, -0.2) is 4.39 Å². The van der Waals surface area contributed by atoms with E-state index in [9.17, 15) is 4.39 Å². The Kier molecular flexibility index (Phi) is 8.64. The Bertz CT molecular complexity index is 594. The molecule has 1 aliphatic heterocycles. The Morgan fingerprint density at radius 2 is 2.08 bits per heavy atom. The summed E-state index contributed by atoms with van der Waals surface area (Å²) >= 11 is 0. The lowest BCUT2D eigenvalue weighted by Crippen LogP contribution is -2.39. The van der Waals surface area contributed by atoms with Crippen molar-refractivity contribution in [3.63, 3.8) is 0 Å². The van der Waals surface area contributed by atoms with Gasteiger partial charge in [-0.2, -0.15) is 0 Å². The molecule has 26 heavy (non-hydrogen) atoms. The summed E-state index contributed by atoms with van der Waals surface area (Å²) in [6.07, 6.45) is 1.70. The van der Waals surface area contributed by atoms with Gasteiger partial charge >= 0.3 is 0 Å². The molecule has 2 N–H and O–H groups in total. The predicted molar refractivity (Wildman–Crippen MR) is 100 cm³/mol. The third kappa shape index (κ3) is 6.80. The molecule has 146 valence electrons. The number of ether oxygens (including phenoxy) is 3. The molecule has 0 atom stereocenters. The van der Waals surface area contributed by atoms with Crippen LogP contribution in [0.5, 0.6) is 5.75 Å². The summed E-state index contributed by atoms with van der Waals surface area (Å²) in [7, 11) is 1.72. The molecule has 0 aliphatic carbocycles. The number of aliphatic imine (C=N–C) groups is 1. The van der Waals surface area contributed by atoms with Crippen molar-refractivity contribution in [2.24, 2.45) is 10.9 Å². The molecular formula is C19H30FN3O3. The van der Waals surface area contributed by atoms with E-state index >= 15 is 0 Å². The van der Waals surface area contributed by atoms with Gasteiger partial charge in [0.15, 0.2) is 12.8 Å². The fourth-order valence-electron chi connectivity index (χ4n) is 2.64. The van der Waals surface area contributed by atoms with Crippen molar-refractivity contribution in [2.45, 2.75) is 33.3 Å². The number of fused-ring (bicyclic) bond motifs is 1. The standard InChI is InChI=1S/C19H30FN3O3/c1-14(2)5-8-24-9-7-23-19(21-3)22-6-4-15-10-17(20)11-16-12-25-13-26-18(15)16/h10-11,14H,4-9,12-13H2,1-3H3,(H2,21,22,23). The van der Waals surface area contributed by atoms with Gasteiger partial charge in [-0.3, -0.25) is 4.99 Å². The summed E-state index contributed by atoms with van der Waals surface area (Å²) in [4.78, 5) is 4.18. The largest absolute Gasteiger partial charge is 0.467 e. The molecule has 0 radical (unpaired) electrons. The fraction of sp³-hybridized carbons (Fsp3) is 0.632. The molecule has 1 aromatic rings. The third-order valence-corrected chi connectivity index (χ3v) is 4.04. The molecule has 7 heteroatoms. The highest BCUT2D eigenvalue weighted by atomic mass is 19.1. The van der Waals surface area contributed by atoms with E-state index in [-0.39, 0.29) is 12.6 Å². The van der Waals surface area contributed by atoms with E-state index < -0.39 is 0 Å². The maximum Gasteiger partial charge on any atom is 0.191 e. The molecular weight excluding hydrogens is 337 g/mol. The Hall–Kier alpha value is -1.86. The lowest BCUT2D eigenvalue weighted by atomic mass is 10.1. The number of guanidine groups is 1. The number of benzene rings is 1. The summed E-state index contributed by atoms with van der Waals surface area (Å²) in [5, 5.41) is 6.43. The van der Waals surface area contributed by atoms with E-state index in [0.717, 1.165) is 29.9 Å². The van der Waals surface area contributed by atoms with Gasteiger partial charge in [-0.05, 0) is 36.5 Å². The third-order valence-electron chi connectivity index (χ3n) is 4.04. The van der Waals surface area contributed by atoms with E-state index in [2.05, 4.69) is 29.5 Å². The lowest BCUT2D eigenvalue weighted by Gasteiger charge is -2.21. The number of hydrogen-bond acceptors (Lipinski definition) is 4. The summed E-state index contributed by atoms with van der Waals surface area (Å²) in [6, 6.07) is 2.98. The van der Waals surface area contributed by atoms with Crippen LogP contribution in [0.4, 0.5) is 4.39 Å². The first-order valence-corrected chi connectivity index (χ1v) is 9.14. The van der Waals surface area contributed by atoms with E-state index in [0.29, 0.717) is 44.6 Å². The molecule has 1 aromatic carbocycles. The van der Waals surface area contributed by atoms with Gasteiger partial charge in [0.25, 0.3) is 0 Å². The van der Waals surface area contributed by atoms with Gasteiger partial charge in [0.05, 0.1) is 13.2 Å². The van der Waals surface area contributed by atoms with E-state index in [1.807, 2.05) is 0 Å². The van der Waals surface area contributed by atoms with Gasteiger partial charge in [-0.15, -0.1) is 0 Å². The van der Waals surface area contributed by atoms with Gasteiger partial charge < -0.3 is 24.8 Å². The average molecular weight is 367 g/mol. The molecule has 2 rings (SSSR count). The van der Waals surface area contributed by atoms with Crippen molar-refractivity contribution in [2.75, 3.05) is 40.1 Å². The van der Waals surface area contributed by atoms with Gasteiger partial charge in [0.1, 0.15) is 11.6 Å². The normalized spacial score (nSPS) is 14.1. The summed E-state index contributed by atoms with van der Waals surface area (Å²) in [5.41, 5.74) is 1.59. The number of hydrogen-bond donors (Lipinski definition) is 2. The number of nitrogens with one attached hydrogen (secondary N) is 2. The molecule has 0 fully saturated rings. The van der Waals surface area contributed by atoms with Crippen LogP contribution in [0, 0.1) is 11.7 Å². The monoisotopic (exact) mass is 367 g/mol. The Morgan fingerprint density at radius 3 is 2.85 bits per heavy atom. The molecule has 0 bridgehead atoms. The van der Waals surface area contributed by atoms with E-state index in [1.54, 1.807) is 7.05 Å². The molecule has 0 aromatic heterocycles. The van der Waals surface area contributed by atoms with Crippen LogP contribution in [0.1, 0.15) is 31.4 Å². The number of nitrogens with zero attached hydrogens (tertiary/aromatic N) is 1. The molecule has 0 spiro atoms. The van der Waals surface area contributed by atoms with Crippen LogP contribution in [-0.4, -0.2) is 46.1 Å². The lowest BCUT2D eigenvalue weighted by molar-refractivity contribution is -0.0172. The van der Waals surface area contributed by atoms with Crippen molar-refractivity contribution in [3.8, 4) is 5.75 Å². The van der Waals surface area contributed by atoms with E-state index in [4.69, 9.17) is 14.2 Å². The van der Waals surface area contributed by atoms with Crippen molar-refractivity contribution >= 4 is 5.96 Å². The molecule has 0 unspecified atom stereocenters. The first-order chi connectivity index (χ1) is 12.6. The second-order valence-corrected chi connectivity index (χ2v) is 6.63. The van der Waals surface area contributed by atoms with Crippen molar-refractivity contribution in [3.05, 3.63) is 29.1 Å². The van der Waals surface area contributed by atoms with Crippen LogP contribution in [0.3, 0.4) is 0 Å². The van der Waals surface area contributed by atoms with Crippen LogP contribution in [0.15, 0.2) is 17.1 Å². The molecule has 6 nitrogen and oxygen atoms in total. The van der Waals surface area contributed by atoms with Gasteiger partial charge in [0, 0.05) is 32.3 Å². The average Bonchev–Trinajstić information content (AvgIpc) is 2.62. The minimum atomic E-state index is -0.270. The summed E-state index contributed by atoms with van der Waals surface area (Å²) in [5.74, 6) is 1.82. The zero-order valence-electron chi connectivity index (χ0n) is 15.9. The Balaban J connectivity index is 1.72. The maximum absolute atomic E-state index is 13.7. The highest BCUT2D eigenvalue weighted by Gasteiger charge is 2.16. The maximum atomic E-state index is 13.7. The first kappa shape index (κ1) is 20.5. The van der Waals surface area contributed by atoms with Crippen LogP contribution in [0.25, 0.3) is 0 Å². The minimum absolute atomic E-state index is 0.207. The van der Waals surface area contributed by atoms with Crippen LogP contribution in [-0.2, 0) is 22.5 Å². The number of halogens is 1. The van der Waals surface area contributed by atoms with E-state index in [1.165, 1.54) is 12.1 Å². The Labute approximate surface area is 155 Å². The van der Waals surface area contributed by atoms with Crippen molar-refractivity contribution in [1.29, 1.82) is 0 Å². The quantitative estimate of drug-likeness (QED) is 0.399. The Morgan fingerprint density at radius 1 is 1.27 bits per heavy atom. The summed E-state index contributed by atoms with van der Waals surface area (Å²) < 4.78 is 30.1. The predicted octanol–water partition coefficient (Wildman–Crippen LogP) is 2.46. The van der Waals surface area contributed by atoms with Crippen LogP contribution >= 0.6 is 0 Å². The first-order valence-electron chi connectivity index (χ1n) is 9.14. The highest BCUT2D eigenvalue weighted by molar-refractivity contribution is 5.79. The second kappa shape index (κ2) is 11.0. The molecule has 1 heterocycles. The topological polar surface area (TPSA) is 64.1 Å². The van der Waals surface area contributed by atoms with Crippen LogP contribution in [0.2, 0.25) is 0 Å². The minimum Gasteiger partial charge on any atom is -0.467 e. The zero-order chi connectivity index (χ0) is 18.8. The molecule has 0 saturated carbocycles. The molecule has 0 saturated heterocycles. The second-order valence-electron chi connectivity index (χ2n) is 6.63. The van der Waals surface area contributed by atoms with Crippen molar-refractivity contribution in [1.82, 2.24) is 10.6 Å². The molecule has 1 aliphatic rings. The zero-order valence-corrected chi connectivity index (χ0v) is 15.9. The van der Waals surface area contributed by atoms with Crippen molar-refractivity contribution < 1.29 is 18.6 Å². The number of rotatable bonds is 9. The molecule has 0 amide bonds.